The highest BCUT2D eigenvalue weighted by Crippen LogP contribution is 2.57. The number of aryl methyl sites for hydroxylation is 1. The number of halogens is 1. The molecular formula is C24H24ClN2O9PS2. The number of aliphatic hydroxyl groups is 1. The molecule has 1 aromatic heterocycles. The van der Waals surface area contributed by atoms with Gasteiger partial charge in [0.1, 0.15) is 30.7 Å². The third kappa shape index (κ3) is 6.21. The van der Waals surface area contributed by atoms with Crippen LogP contribution in [0.25, 0.3) is 0 Å². The Morgan fingerprint density at radius 3 is 2.67 bits per heavy atom. The summed E-state index contributed by atoms with van der Waals surface area (Å²) in [6, 6.07) is 14.6. The van der Waals surface area contributed by atoms with Crippen LogP contribution in [0, 0.1) is 6.92 Å². The lowest BCUT2D eigenvalue weighted by Crippen LogP contribution is -2.40. The maximum atomic E-state index is 12.7. The zero-order chi connectivity index (χ0) is 27.8. The Kier molecular flexibility index (Phi) is 8.14. The highest BCUT2D eigenvalue weighted by molar-refractivity contribution is 8.07. The average molecular weight is 615 g/mol. The largest absolute Gasteiger partial charge is 0.476 e. The summed E-state index contributed by atoms with van der Waals surface area (Å²) < 4.78 is 54.6. The van der Waals surface area contributed by atoms with E-state index in [1.807, 2.05) is 6.92 Å². The van der Waals surface area contributed by atoms with Crippen LogP contribution in [-0.4, -0.2) is 60.4 Å². The molecule has 5 rings (SSSR count). The Balaban J connectivity index is 1.22. The van der Waals surface area contributed by atoms with Gasteiger partial charge in [0.25, 0.3) is 0 Å². The number of nitrogens with zero attached hydrogens (tertiary/aromatic N) is 2. The minimum absolute atomic E-state index is 0.0290. The van der Waals surface area contributed by atoms with Crippen LogP contribution in [0.15, 0.2) is 70.5 Å². The van der Waals surface area contributed by atoms with Crippen molar-refractivity contribution in [2.24, 2.45) is 0 Å². The maximum absolute atomic E-state index is 12.7. The van der Waals surface area contributed by atoms with E-state index in [4.69, 9.17) is 46.5 Å². The zero-order valence-corrected chi connectivity index (χ0v) is 23.7. The van der Waals surface area contributed by atoms with Gasteiger partial charge in [-0.05, 0) is 31.2 Å². The van der Waals surface area contributed by atoms with E-state index in [0.717, 1.165) is 10.1 Å². The lowest BCUT2D eigenvalue weighted by molar-refractivity contribution is -0.0614. The topological polar surface area (TPSA) is 135 Å². The second-order valence-electron chi connectivity index (χ2n) is 8.83. The van der Waals surface area contributed by atoms with Crippen molar-refractivity contribution in [1.29, 1.82) is 0 Å². The third-order valence-electron chi connectivity index (χ3n) is 6.06. The van der Waals surface area contributed by atoms with Gasteiger partial charge in [0, 0.05) is 24.1 Å². The lowest BCUT2D eigenvalue weighted by atomic mass is 10.1. The number of aliphatic hydroxyl groups excluding tert-OH is 1. The van der Waals surface area contributed by atoms with Crippen molar-refractivity contribution in [2.75, 3.05) is 19.0 Å². The van der Waals surface area contributed by atoms with Gasteiger partial charge < -0.3 is 19.1 Å². The zero-order valence-electron chi connectivity index (χ0n) is 20.5. The second kappa shape index (κ2) is 11.3. The number of sulfone groups is 1. The van der Waals surface area contributed by atoms with Crippen LogP contribution < -0.4 is 15.0 Å². The molecule has 3 unspecified atom stereocenters. The molecular weight excluding hydrogens is 591 g/mol. The fraction of sp³-hybridized carbons (Fsp3) is 0.333. The average Bonchev–Trinajstić information content (AvgIpc) is 3.20. The van der Waals surface area contributed by atoms with Crippen LogP contribution in [0.4, 0.5) is 0 Å². The molecule has 3 aromatic rings. The number of aromatic nitrogens is 2. The van der Waals surface area contributed by atoms with Gasteiger partial charge in [0.2, 0.25) is 5.88 Å². The molecule has 0 radical (unpaired) electrons. The van der Waals surface area contributed by atoms with Crippen molar-refractivity contribution in [3.63, 3.8) is 0 Å². The Labute approximate surface area is 234 Å². The van der Waals surface area contributed by atoms with Crippen molar-refractivity contribution in [1.82, 2.24) is 9.55 Å². The maximum Gasteiger partial charge on any atom is 0.381 e. The van der Waals surface area contributed by atoms with E-state index < -0.39 is 46.8 Å². The summed E-state index contributed by atoms with van der Waals surface area (Å²) in [6.45, 7) is -1.70. The number of hydrogen-bond donors (Lipinski definition) is 1. The van der Waals surface area contributed by atoms with Gasteiger partial charge in [-0.3, -0.25) is 13.6 Å². The third-order valence-corrected chi connectivity index (χ3v) is 10.3. The van der Waals surface area contributed by atoms with Crippen molar-refractivity contribution in [3.05, 3.63) is 81.9 Å². The molecule has 2 aromatic carbocycles. The molecule has 2 aliphatic rings. The molecule has 1 N–H and O–H groups in total. The van der Waals surface area contributed by atoms with Crippen molar-refractivity contribution in [3.8, 4) is 11.6 Å². The second-order valence-corrected chi connectivity index (χ2v) is 14.2. The molecule has 5 atom stereocenters. The number of benzene rings is 2. The molecule has 2 aliphatic heterocycles. The van der Waals surface area contributed by atoms with E-state index in [1.165, 1.54) is 24.4 Å². The first-order valence-electron chi connectivity index (χ1n) is 11.8. The first-order chi connectivity index (χ1) is 18.5. The van der Waals surface area contributed by atoms with Gasteiger partial charge in [0.15, 0.2) is 16.1 Å². The van der Waals surface area contributed by atoms with Gasteiger partial charge in [-0.15, -0.1) is 0 Å². The SMILES string of the molecule is Cc1ccc(S(=O)(=O)CCOc2ccn([C@@H]3O[C@@H]4COP(=S)(Oc5ccccc5Cl)OC4C3O)c(=O)n2)cc1. The van der Waals surface area contributed by atoms with Gasteiger partial charge in [-0.25, -0.2) is 13.2 Å². The molecule has 0 spiro atoms. The van der Waals surface area contributed by atoms with Gasteiger partial charge in [-0.1, -0.05) is 41.4 Å². The first-order valence-corrected chi connectivity index (χ1v) is 16.4. The fourth-order valence-electron chi connectivity index (χ4n) is 4.04. The molecule has 0 aliphatic carbocycles. The van der Waals surface area contributed by atoms with E-state index in [1.54, 1.807) is 36.4 Å². The number of fused-ring (bicyclic) bond motifs is 1. The summed E-state index contributed by atoms with van der Waals surface area (Å²) in [5.41, 5.74) is 0.171. The summed E-state index contributed by atoms with van der Waals surface area (Å²) in [5.74, 6) is -0.0779. The predicted molar refractivity (Wildman–Crippen MR) is 144 cm³/mol. The highest BCUT2D eigenvalue weighted by Gasteiger charge is 2.52. The normalized spacial score (nSPS) is 26.6. The smallest absolute Gasteiger partial charge is 0.381 e. The number of para-hydroxylation sites is 1. The molecule has 2 saturated heterocycles. The van der Waals surface area contributed by atoms with Gasteiger partial charge in [0.05, 0.1) is 22.3 Å². The van der Waals surface area contributed by atoms with Crippen LogP contribution in [0.2, 0.25) is 5.02 Å². The highest BCUT2D eigenvalue weighted by atomic mass is 35.5. The summed E-state index contributed by atoms with van der Waals surface area (Å²) in [5, 5.41) is 11.3. The molecule has 0 saturated carbocycles. The Bertz CT molecular complexity index is 1570. The van der Waals surface area contributed by atoms with Crippen LogP contribution in [0.3, 0.4) is 0 Å². The van der Waals surface area contributed by atoms with E-state index in [2.05, 4.69) is 4.98 Å². The van der Waals surface area contributed by atoms with Crippen molar-refractivity contribution in [2.45, 2.75) is 36.4 Å². The molecule has 39 heavy (non-hydrogen) atoms. The number of hydrogen-bond acceptors (Lipinski definition) is 11. The molecule has 0 bridgehead atoms. The summed E-state index contributed by atoms with van der Waals surface area (Å²) >= 11 is 11.6. The van der Waals surface area contributed by atoms with Gasteiger partial charge >= 0.3 is 12.4 Å². The summed E-state index contributed by atoms with van der Waals surface area (Å²) in [4.78, 5) is 16.8. The molecule has 208 valence electrons. The lowest BCUT2D eigenvalue weighted by Gasteiger charge is -2.33. The van der Waals surface area contributed by atoms with Crippen LogP contribution >= 0.6 is 18.3 Å². The first kappa shape index (κ1) is 28.2. The standard InChI is InChI=1S/C24H24ClN2O9PS2/c1-15-6-8-16(9-7-15)39(30,31)13-12-32-20-10-11-27(24(29)26-20)23-21(28)22-19(34-23)14-33-37(38,36-22)35-18-5-3-2-4-17(18)25/h2-11,19,21-23,28H,12-14H2,1H3/t19-,21?,22?,23-,37?/m1/s1. The van der Waals surface area contributed by atoms with E-state index in [9.17, 15) is 18.3 Å². The summed E-state index contributed by atoms with van der Waals surface area (Å²) in [7, 11) is -3.57. The van der Waals surface area contributed by atoms with Crippen LogP contribution in [0.5, 0.6) is 11.6 Å². The minimum Gasteiger partial charge on any atom is -0.476 e. The monoisotopic (exact) mass is 614 g/mol. The van der Waals surface area contributed by atoms with Crippen LogP contribution in [-0.2, 0) is 35.4 Å². The van der Waals surface area contributed by atoms with E-state index in [0.29, 0.717) is 5.02 Å². The molecule has 0 amide bonds. The molecule has 15 heteroatoms. The number of rotatable bonds is 8. The fourth-order valence-corrected chi connectivity index (χ4v) is 7.52. The van der Waals surface area contributed by atoms with Gasteiger partial charge in [-0.2, -0.15) is 4.98 Å². The van der Waals surface area contributed by atoms with E-state index >= 15 is 0 Å². The molecule has 2 fully saturated rings. The Morgan fingerprint density at radius 1 is 1.21 bits per heavy atom. The van der Waals surface area contributed by atoms with Crippen molar-refractivity contribution < 1.29 is 36.6 Å². The van der Waals surface area contributed by atoms with Crippen molar-refractivity contribution >= 4 is 40.0 Å². The number of ether oxygens (including phenoxy) is 2. The Hall–Kier alpha value is -2.35. The molecule has 3 heterocycles. The molecule has 11 nitrogen and oxygen atoms in total. The van der Waals surface area contributed by atoms with Crippen LogP contribution in [0.1, 0.15) is 11.8 Å². The minimum atomic E-state index is -3.57. The van der Waals surface area contributed by atoms with E-state index in [-0.39, 0.29) is 35.5 Å². The Morgan fingerprint density at radius 2 is 1.95 bits per heavy atom. The predicted octanol–water partition coefficient (Wildman–Crippen LogP) is 3.04. The summed E-state index contributed by atoms with van der Waals surface area (Å²) in [6.07, 6.45) is -2.73. The quantitative estimate of drug-likeness (QED) is 0.375.